The van der Waals surface area contributed by atoms with E-state index in [9.17, 15) is 4.39 Å². The zero-order valence-corrected chi connectivity index (χ0v) is 8.53. The van der Waals surface area contributed by atoms with Crippen LogP contribution in [-0.2, 0) is 0 Å². The van der Waals surface area contributed by atoms with Crippen LogP contribution in [0, 0.1) is 19.7 Å². The zero-order valence-electron chi connectivity index (χ0n) is 8.53. The average Bonchev–Trinajstić information content (AvgIpc) is 2.22. The van der Waals surface area contributed by atoms with Gasteiger partial charge in [0, 0.05) is 6.20 Å². The summed E-state index contributed by atoms with van der Waals surface area (Å²) in [6.07, 6.45) is 1.66. The molecule has 2 heterocycles. The topological polar surface area (TPSA) is 38.7 Å². The van der Waals surface area contributed by atoms with Crippen LogP contribution in [0.5, 0.6) is 0 Å². The van der Waals surface area contributed by atoms with Gasteiger partial charge in [0.15, 0.2) is 0 Å². The van der Waals surface area contributed by atoms with Gasteiger partial charge in [-0.05, 0) is 32.0 Å². The fourth-order valence-electron chi connectivity index (χ4n) is 1.29. The van der Waals surface area contributed by atoms with Crippen molar-refractivity contribution in [3.63, 3.8) is 0 Å². The summed E-state index contributed by atoms with van der Waals surface area (Å²) in [6.45, 7) is 3.44. The van der Waals surface area contributed by atoms with Crippen molar-refractivity contribution in [2.75, 3.05) is 0 Å². The molecule has 0 bridgehead atoms. The second-order valence-corrected chi connectivity index (χ2v) is 3.25. The normalized spacial score (nSPS) is 10.3. The lowest BCUT2D eigenvalue weighted by molar-refractivity contribution is 0.610. The number of hydrogen-bond donors (Lipinski definition) is 0. The van der Waals surface area contributed by atoms with Gasteiger partial charge >= 0.3 is 0 Å². The summed E-state index contributed by atoms with van der Waals surface area (Å²) in [7, 11) is 0. The van der Waals surface area contributed by atoms with E-state index in [0.717, 1.165) is 0 Å². The maximum absolute atomic E-state index is 13.0. The Morgan fingerprint density at radius 3 is 2.40 bits per heavy atom. The third kappa shape index (κ3) is 1.98. The predicted molar refractivity (Wildman–Crippen MR) is 54.7 cm³/mol. The first-order valence-electron chi connectivity index (χ1n) is 4.60. The monoisotopic (exact) mass is 203 g/mol. The smallest absolute Gasteiger partial charge is 0.144 e. The molecular formula is C11H10FN3. The number of pyridine rings is 1. The highest BCUT2D eigenvalue weighted by molar-refractivity contribution is 5.53. The number of nitrogens with zero attached hydrogens (tertiary/aromatic N) is 3. The maximum atomic E-state index is 13.0. The molecule has 0 amide bonds. The lowest BCUT2D eigenvalue weighted by Crippen LogP contribution is -1.95. The number of aromatic nitrogens is 3. The highest BCUT2D eigenvalue weighted by Gasteiger charge is 2.04. The Morgan fingerprint density at radius 2 is 1.73 bits per heavy atom. The standard InChI is InChI=1S/C11H10FN3/c1-7-9(12)3-4-10(14-7)11-5-6-13-8(2)15-11/h3-6H,1-2H3. The quantitative estimate of drug-likeness (QED) is 0.713. The van der Waals surface area contributed by atoms with Gasteiger partial charge in [-0.15, -0.1) is 0 Å². The van der Waals surface area contributed by atoms with Crippen LogP contribution >= 0.6 is 0 Å². The van der Waals surface area contributed by atoms with Crippen molar-refractivity contribution in [2.45, 2.75) is 13.8 Å². The van der Waals surface area contributed by atoms with Crippen molar-refractivity contribution in [2.24, 2.45) is 0 Å². The van der Waals surface area contributed by atoms with Gasteiger partial charge in [-0.2, -0.15) is 0 Å². The highest BCUT2D eigenvalue weighted by atomic mass is 19.1. The molecule has 0 N–H and O–H groups in total. The van der Waals surface area contributed by atoms with Crippen molar-refractivity contribution < 1.29 is 4.39 Å². The van der Waals surface area contributed by atoms with Gasteiger partial charge in [0.2, 0.25) is 0 Å². The number of hydrogen-bond acceptors (Lipinski definition) is 3. The SMILES string of the molecule is Cc1nccc(-c2ccc(F)c(C)n2)n1. The van der Waals surface area contributed by atoms with Gasteiger partial charge in [-0.3, -0.25) is 0 Å². The van der Waals surface area contributed by atoms with Crippen molar-refractivity contribution in [1.82, 2.24) is 15.0 Å². The first kappa shape index (κ1) is 9.71. The minimum absolute atomic E-state index is 0.301. The van der Waals surface area contributed by atoms with Crippen LogP contribution in [0.2, 0.25) is 0 Å². The molecule has 0 aliphatic rings. The molecule has 0 saturated heterocycles. The minimum atomic E-state index is -0.301. The molecule has 0 saturated carbocycles. The van der Waals surface area contributed by atoms with Gasteiger partial charge in [-0.1, -0.05) is 0 Å². The Labute approximate surface area is 87.0 Å². The van der Waals surface area contributed by atoms with E-state index in [0.29, 0.717) is 22.9 Å². The fourth-order valence-corrected chi connectivity index (χ4v) is 1.29. The third-order valence-corrected chi connectivity index (χ3v) is 2.06. The summed E-state index contributed by atoms with van der Waals surface area (Å²) in [4.78, 5) is 12.3. The van der Waals surface area contributed by atoms with Crippen LogP contribution in [0.25, 0.3) is 11.4 Å². The average molecular weight is 203 g/mol. The van der Waals surface area contributed by atoms with E-state index in [-0.39, 0.29) is 5.82 Å². The highest BCUT2D eigenvalue weighted by Crippen LogP contribution is 2.15. The van der Waals surface area contributed by atoms with Crippen LogP contribution in [-0.4, -0.2) is 15.0 Å². The number of halogens is 1. The van der Waals surface area contributed by atoms with Gasteiger partial charge in [0.05, 0.1) is 17.1 Å². The molecule has 2 aromatic rings. The largest absolute Gasteiger partial charge is 0.248 e. The minimum Gasteiger partial charge on any atom is -0.248 e. The second kappa shape index (κ2) is 3.73. The molecule has 3 nitrogen and oxygen atoms in total. The number of aryl methyl sites for hydroxylation is 2. The first-order chi connectivity index (χ1) is 7.16. The van der Waals surface area contributed by atoms with Crippen LogP contribution in [0.3, 0.4) is 0 Å². The Hall–Kier alpha value is -1.84. The van der Waals surface area contributed by atoms with Crippen LogP contribution in [0.15, 0.2) is 24.4 Å². The third-order valence-electron chi connectivity index (χ3n) is 2.06. The van der Waals surface area contributed by atoms with Crippen molar-refractivity contribution in [3.05, 3.63) is 41.7 Å². The fraction of sp³-hybridized carbons (Fsp3) is 0.182. The van der Waals surface area contributed by atoms with Crippen molar-refractivity contribution in [1.29, 1.82) is 0 Å². The van der Waals surface area contributed by atoms with E-state index in [2.05, 4.69) is 15.0 Å². The molecule has 15 heavy (non-hydrogen) atoms. The van der Waals surface area contributed by atoms with E-state index < -0.39 is 0 Å². The van der Waals surface area contributed by atoms with Gasteiger partial charge < -0.3 is 0 Å². The zero-order chi connectivity index (χ0) is 10.8. The van der Waals surface area contributed by atoms with Gasteiger partial charge in [0.25, 0.3) is 0 Å². The molecule has 0 atom stereocenters. The van der Waals surface area contributed by atoms with Gasteiger partial charge in [-0.25, -0.2) is 19.3 Å². The summed E-state index contributed by atoms with van der Waals surface area (Å²) in [5, 5.41) is 0. The Bertz CT molecular complexity index is 497. The predicted octanol–water partition coefficient (Wildman–Crippen LogP) is 2.29. The first-order valence-corrected chi connectivity index (χ1v) is 4.60. The van der Waals surface area contributed by atoms with Crippen molar-refractivity contribution in [3.8, 4) is 11.4 Å². The molecule has 0 radical (unpaired) electrons. The molecule has 0 spiro atoms. The molecule has 0 aromatic carbocycles. The molecule has 0 fully saturated rings. The Balaban J connectivity index is 2.50. The summed E-state index contributed by atoms with van der Waals surface area (Å²) in [5.74, 6) is 0.376. The lowest BCUT2D eigenvalue weighted by atomic mass is 10.2. The molecule has 2 rings (SSSR count). The van der Waals surface area contributed by atoms with Crippen molar-refractivity contribution >= 4 is 0 Å². The number of rotatable bonds is 1. The molecular weight excluding hydrogens is 193 g/mol. The maximum Gasteiger partial charge on any atom is 0.144 e. The van der Waals surface area contributed by atoms with E-state index in [1.807, 2.05) is 0 Å². The van der Waals surface area contributed by atoms with E-state index in [1.54, 1.807) is 32.2 Å². The van der Waals surface area contributed by atoms with Crippen LogP contribution in [0.4, 0.5) is 4.39 Å². The molecule has 2 aromatic heterocycles. The second-order valence-electron chi connectivity index (χ2n) is 3.25. The van der Waals surface area contributed by atoms with Crippen LogP contribution in [0.1, 0.15) is 11.5 Å². The molecule has 0 aliphatic carbocycles. The molecule has 0 aliphatic heterocycles. The summed E-state index contributed by atoms with van der Waals surface area (Å²) >= 11 is 0. The van der Waals surface area contributed by atoms with Crippen LogP contribution < -0.4 is 0 Å². The molecule has 76 valence electrons. The molecule has 4 heteroatoms. The lowest BCUT2D eigenvalue weighted by Gasteiger charge is -2.02. The van der Waals surface area contributed by atoms with E-state index in [1.165, 1.54) is 6.07 Å². The van der Waals surface area contributed by atoms with Gasteiger partial charge in [0.1, 0.15) is 11.6 Å². The molecule has 0 unspecified atom stereocenters. The summed E-state index contributed by atoms with van der Waals surface area (Å²) < 4.78 is 13.0. The van der Waals surface area contributed by atoms with E-state index >= 15 is 0 Å². The Morgan fingerprint density at radius 1 is 1.00 bits per heavy atom. The van der Waals surface area contributed by atoms with E-state index in [4.69, 9.17) is 0 Å². The summed E-state index contributed by atoms with van der Waals surface area (Å²) in [6, 6.07) is 4.77. The Kier molecular flexibility index (Phi) is 2.41. The summed E-state index contributed by atoms with van der Waals surface area (Å²) in [5.41, 5.74) is 1.76.